The van der Waals surface area contributed by atoms with Gasteiger partial charge in [0.25, 0.3) is 0 Å². The van der Waals surface area contributed by atoms with Crippen molar-refractivity contribution < 1.29 is 9.53 Å². The summed E-state index contributed by atoms with van der Waals surface area (Å²) < 4.78 is 4.92. The molecule has 0 aliphatic heterocycles. The van der Waals surface area contributed by atoms with Gasteiger partial charge >= 0.3 is 5.97 Å². The second-order valence-electron chi connectivity index (χ2n) is 4.58. The maximum Gasteiger partial charge on any atom is 0.313 e. The molecule has 0 saturated heterocycles. The fraction of sp³-hybridized carbons (Fsp3) is 0.167. The van der Waals surface area contributed by atoms with Crippen molar-refractivity contribution in [2.45, 2.75) is 5.92 Å². The maximum absolute atomic E-state index is 12.0. The summed E-state index contributed by atoms with van der Waals surface area (Å²) in [5.41, 5.74) is 2.16. The van der Waals surface area contributed by atoms with Crippen molar-refractivity contribution in [2.75, 3.05) is 7.11 Å². The molecule has 0 bridgehead atoms. The van der Waals surface area contributed by atoms with E-state index in [2.05, 4.69) is 6.58 Å². The first-order chi connectivity index (χ1) is 9.77. The van der Waals surface area contributed by atoms with Crippen LogP contribution in [0.3, 0.4) is 0 Å². The maximum atomic E-state index is 12.0. The highest BCUT2D eigenvalue weighted by Gasteiger charge is 2.29. The minimum Gasteiger partial charge on any atom is -0.469 e. The molecule has 1 atom stereocenters. The van der Waals surface area contributed by atoms with E-state index in [1.807, 2.05) is 60.7 Å². The molecule has 1 unspecified atom stereocenters. The van der Waals surface area contributed by atoms with Crippen LogP contribution in [0.15, 0.2) is 73.3 Å². The number of ether oxygens (including phenoxy) is 1. The van der Waals surface area contributed by atoms with Crippen LogP contribution < -0.4 is 0 Å². The highest BCUT2D eigenvalue weighted by Crippen LogP contribution is 2.33. The summed E-state index contributed by atoms with van der Waals surface area (Å²) in [6.07, 6.45) is 1.66. The van der Waals surface area contributed by atoms with Crippen molar-refractivity contribution in [3.8, 4) is 0 Å². The zero-order valence-corrected chi connectivity index (χ0v) is 11.5. The minimum atomic E-state index is -0.398. The average molecular weight is 266 g/mol. The van der Waals surface area contributed by atoms with Crippen molar-refractivity contribution in [2.24, 2.45) is 5.92 Å². The second kappa shape index (κ2) is 6.71. The SMILES string of the molecule is C=CC(C(=O)OC)C(c1ccccc1)c1ccccc1. The number of hydrogen-bond donors (Lipinski definition) is 0. The predicted octanol–water partition coefficient (Wildman–Crippen LogP) is 3.79. The normalized spacial score (nSPS) is 11.9. The second-order valence-corrected chi connectivity index (χ2v) is 4.58. The van der Waals surface area contributed by atoms with Gasteiger partial charge in [-0.1, -0.05) is 66.7 Å². The van der Waals surface area contributed by atoms with Gasteiger partial charge < -0.3 is 4.74 Å². The molecule has 0 saturated carbocycles. The lowest BCUT2D eigenvalue weighted by Gasteiger charge is -2.23. The third kappa shape index (κ3) is 2.97. The van der Waals surface area contributed by atoms with Gasteiger partial charge in [-0.2, -0.15) is 0 Å². The highest BCUT2D eigenvalue weighted by molar-refractivity contribution is 5.76. The standard InChI is InChI=1S/C18H18O2/c1-3-16(18(19)20-2)17(14-10-6-4-7-11-14)15-12-8-5-9-13-15/h3-13,16-17H,1H2,2H3. The Labute approximate surface area is 119 Å². The van der Waals surface area contributed by atoms with Gasteiger partial charge in [0.1, 0.15) is 0 Å². The van der Waals surface area contributed by atoms with Crippen LogP contribution in [-0.2, 0) is 9.53 Å². The summed E-state index contributed by atoms with van der Waals surface area (Å²) in [7, 11) is 1.41. The van der Waals surface area contributed by atoms with Gasteiger partial charge in [-0.15, -0.1) is 6.58 Å². The summed E-state index contributed by atoms with van der Waals surface area (Å²) >= 11 is 0. The topological polar surface area (TPSA) is 26.3 Å². The van der Waals surface area contributed by atoms with E-state index in [9.17, 15) is 4.79 Å². The van der Waals surface area contributed by atoms with Crippen LogP contribution >= 0.6 is 0 Å². The number of hydrogen-bond acceptors (Lipinski definition) is 2. The van der Waals surface area contributed by atoms with Crippen LogP contribution in [0, 0.1) is 5.92 Å². The quantitative estimate of drug-likeness (QED) is 0.608. The Morgan fingerprint density at radius 2 is 1.45 bits per heavy atom. The van der Waals surface area contributed by atoms with E-state index in [-0.39, 0.29) is 11.9 Å². The van der Waals surface area contributed by atoms with Crippen molar-refractivity contribution in [3.05, 3.63) is 84.4 Å². The lowest BCUT2D eigenvalue weighted by atomic mass is 9.81. The molecule has 0 fully saturated rings. The summed E-state index contributed by atoms with van der Waals surface area (Å²) in [6.45, 7) is 3.80. The van der Waals surface area contributed by atoms with Crippen molar-refractivity contribution in [1.29, 1.82) is 0 Å². The smallest absolute Gasteiger partial charge is 0.313 e. The Hall–Kier alpha value is -2.35. The summed E-state index contributed by atoms with van der Waals surface area (Å²) in [5, 5.41) is 0. The molecule has 0 spiro atoms. The number of esters is 1. The Balaban J connectivity index is 2.49. The first kappa shape index (κ1) is 14.1. The molecule has 0 aliphatic rings. The Bertz CT molecular complexity index is 521. The largest absolute Gasteiger partial charge is 0.469 e. The molecule has 2 aromatic carbocycles. The molecule has 2 heteroatoms. The van der Waals surface area contributed by atoms with Gasteiger partial charge in [0.15, 0.2) is 0 Å². The average Bonchev–Trinajstić information content (AvgIpc) is 2.53. The molecule has 20 heavy (non-hydrogen) atoms. The Morgan fingerprint density at radius 1 is 1.00 bits per heavy atom. The van der Waals surface area contributed by atoms with E-state index in [1.54, 1.807) is 6.08 Å². The monoisotopic (exact) mass is 266 g/mol. The molecule has 102 valence electrons. The van der Waals surface area contributed by atoms with Gasteiger partial charge in [0, 0.05) is 5.92 Å². The van der Waals surface area contributed by atoms with E-state index in [0.717, 1.165) is 11.1 Å². The van der Waals surface area contributed by atoms with Crippen LogP contribution in [0.2, 0.25) is 0 Å². The predicted molar refractivity (Wildman–Crippen MR) is 80.4 cm³/mol. The molecular weight excluding hydrogens is 248 g/mol. The first-order valence-corrected chi connectivity index (χ1v) is 6.58. The molecule has 0 N–H and O–H groups in total. The molecule has 2 nitrogen and oxygen atoms in total. The van der Waals surface area contributed by atoms with Crippen molar-refractivity contribution >= 4 is 5.97 Å². The molecule has 0 amide bonds. The van der Waals surface area contributed by atoms with Gasteiger partial charge in [-0.05, 0) is 11.1 Å². The fourth-order valence-corrected chi connectivity index (χ4v) is 2.43. The fourth-order valence-electron chi connectivity index (χ4n) is 2.43. The molecule has 0 heterocycles. The number of rotatable bonds is 5. The summed E-state index contributed by atoms with van der Waals surface area (Å²) in [6, 6.07) is 19.9. The molecule has 2 aromatic rings. The van der Waals surface area contributed by atoms with Crippen molar-refractivity contribution in [3.63, 3.8) is 0 Å². The molecule has 0 radical (unpaired) electrons. The van der Waals surface area contributed by atoms with Gasteiger partial charge in [-0.25, -0.2) is 0 Å². The third-order valence-electron chi connectivity index (χ3n) is 3.40. The van der Waals surface area contributed by atoms with Crippen LogP contribution in [0.4, 0.5) is 0 Å². The third-order valence-corrected chi connectivity index (χ3v) is 3.40. The van der Waals surface area contributed by atoms with Crippen LogP contribution in [0.1, 0.15) is 17.0 Å². The van der Waals surface area contributed by atoms with Gasteiger partial charge in [-0.3, -0.25) is 4.79 Å². The number of benzene rings is 2. The summed E-state index contributed by atoms with van der Waals surface area (Å²) in [5.74, 6) is -0.746. The molecular formula is C18H18O2. The highest BCUT2D eigenvalue weighted by atomic mass is 16.5. The summed E-state index contributed by atoms with van der Waals surface area (Å²) in [4.78, 5) is 12.0. The van der Waals surface area contributed by atoms with Crippen LogP contribution in [0.25, 0.3) is 0 Å². The van der Waals surface area contributed by atoms with Gasteiger partial charge in [0.2, 0.25) is 0 Å². The zero-order valence-electron chi connectivity index (χ0n) is 11.5. The Morgan fingerprint density at radius 3 is 1.80 bits per heavy atom. The van der Waals surface area contributed by atoms with Gasteiger partial charge in [0.05, 0.1) is 13.0 Å². The van der Waals surface area contributed by atoms with E-state index in [4.69, 9.17) is 4.74 Å². The lowest BCUT2D eigenvalue weighted by Crippen LogP contribution is -2.22. The van der Waals surface area contributed by atoms with Crippen LogP contribution in [-0.4, -0.2) is 13.1 Å². The molecule has 2 rings (SSSR count). The number of carbonyl (C=O) groups is 1. The van der Waals surface area contributed by atoms with E-state index < -0.39 is 5.92 Å². The molecule has 0 aliphatic carbocycles. The number of carbonyl (C=O) groups excluding carboxylic acids is 1. The van der Waals surface area contributed by atoms with E-state index >= 15 is 0 Å². The first-order valence-electron chi connectivity index (χ1n) is 6.58. The van der Waals surface area contributed by atoms with Crippen molar-refractivity contribution in [1.82, 2.24) is 0 Å². The minimum absolute atomic E-state index is 0.0812. The number of methoxy groups -OCH3 is 1. The zero-order chi connectivity index (χ0) is 14.4. The van der Waals surface area contributed by atoms with E-state index in [0.29, 0.717) is 0 Å². The van der Waals surface area contributed by atoms with Crippen LogP contribution in [0.5, 0.6) is 0 Å². The lowest BCUT2D eigenvalue weighted by molar-refractivity contribution is -0.144. The molecule has 0 aromatic heterocycles. The van der Waals surface area contributed by atoms with E-state index in [1.165, 1.54) is 7.11 Å². The Kier molecular flexibility index (Phi) is 4.72.